The summed E-state index contributed by atoms with van der Waals surface area (Å²) in [5.41, 5.74) is 1.56. The molecule has 2 aliphatic heterocycles. The van der Waals surface area contributed by atoms with E-state index in [-0.39, 0.29) is 6.61 Å². The molecular formula is C18H27N7O2S2. The summed E-state index contributed by atoms with van der Waals surface area (Å²) in [6.45, 7) is 7.80. The molecule has 1 N–H and O–H groups in total. The van der Waals surface area contributed by atoms with Gasteiger partial charge >= 0.3 is 0 Å². The van der Waals surface area contributed by atoms with Crippen LogP contribution in [-0.4, -0.2) is 104 Å². The van der Waals surface area contributed by atoms with E-state index in [4.69, 9.17) is 9.97 Å². The monoisotopic (exact) mass is 437 g/mol. The van der Waals surface area contributed by atoms with Crippen molar-refractivity contribution in [3.8, 4) is 0 Å². The molecular weight excluding hydrogens is 410 g/mol. The minimum atomic E-state index is -0.750. The van der Waals surface area contributed by atoms with Crippen LogP contribution in [-0.2, 0) is 10.8 Å². The Morgan fingerprint density at radius 2 is 1.79 bits per heavy atom. The molecule has 2 saturated heterocycles. The van der Waals surface area contributed by atoms with Crippen LogP contribution in [0.4, 0.5) is 11.8 Å². The average molecular weight is 438 g/mol. The molecule has 0 unspecified atom stereocenters. The highest BCUT2D eigenvalue weighted by molar-refractivity contribution is 7.99. The number of aliphatic hydroxyl groups is 1. The summed E-state index contributed by atoms with van der Waals surface area (Å²) in [6.07, 6.45) is 1.59. The second-order valence-corrected chi connectivity index (χ2v) is 9.99. The van der Waals surface area contributed by atoms with Crippen molar-refractivity contribution in [1.29, 1.82) is 0 Å². The van der Waals surface area contributed by atoms with Gasteiger partial charge in [-0.3, -0.25) is 9.11 Å². The van der Waals surface area contributed by atoms with Crippen LogP contribution in [0.5, 0.6) is 0 Å². The van der Waals surface area contributed by atoms with Crippen LogP contribution in [0.1, 0.15) is 6.92 Å². The molecule has 0 atom stereocenters. The van der Waals surface area contributed by atoms with Crippen molar-refractivity contribution in [1.82, 2.24) is 24.8 Å². The standard InChI is InChI=1S/C18H27N7O2S2/c1-2-28-17-15-14(19-13-20-17)16(24-8-11-29(27)12-9-24)22-18(21-15)25-5-3-23(4-6-25)7-10-26/h13,26H,2-12H2,1H3. The number of hydrogen-bond acceptors (Lipinski definition) is 10. The molecule has 0 radical (unpaired) electrons. The van der Waals surface area contributed by atoms with Gasteiger partial charge in [0.1, 0.15) is 22.4 Å². The van der Waals surface area contributed by atoms with Gasteiger partial charge < -0.3 is 14.9 Å². The first-order chi connectivity index (χ1) is 14.2. The van der Waals surface area contributed by atoms with Crippen molar-refractivity contribution in [3.63, 3.8) is 0 Å². The predicted octanol–water partition coefficient (Wildman–Crippen LogP) is 0.215. The van der Waals surface area contributed by atoms with Gasteiger partial charge in [-0.2, -0.15) is 4.98 Å². The molecule has 158 valence electrons. The molecule has 0 aliphatic carbocycles. The van der Waals surface area contributed by atoms with Crippen molar-refractivity contribution in [3.05, 3.63) is 6.33 Å². The average Bonchev–Trinajstić information content (AvgIpc) is 2.75. The number of hydrogen-bond donors (Lipinski definition) is 1. The number of rotatable bonds is 6. The number of aliphatic hydroxyl groups excluding tert-OH is 1. The van der Waals surface area contributed by atoms with E-state index in [0.29, 0.717) is 37.1 Å². The van der Waals surface area contributed by atoms with E-state index >= 15 is 0 Å². The number of aromatic nitrogens is 4. The van der Waals surface area contributed by atoms with Crippen LogP contribution >= 0.6 is 11.8 Å². The minimum Gasteiger partial charge on any atom is -0.395 e. The fourth-order valence-electron chi connectivity index (χ4n) is 3.67. The first kappa shape index (κ1) is 20.7. The Morgan fingerprint density at radius 1 is 1.03 bits per heavy atom. The number of thioether (sulfide) groups is 1. The zero-order valence-corrected chi connectivity index (χ0v) is 18.3. The molecule has 0 saturated carbocycles. The largest absolute Gasteiger partial charge is 0.395 e. The van der Waals surface area contributed by atoms with Crippen LogP contribution in [0, 0.1) is 0 Å². The number of nitrogens with zero attached hydrogens (tertiary/aromatic N) is 7. The van der Waals surface area contributed by atoms with Crippen molar-refractivity contribution in [2.45, 2.75) is 11.9 Å². The van der Waals surface area contributed by atoms with Crippen molar-refractivity contribution in [2.24, 2.45) is 0 Å². The van der Waals surface area contributed by atoms with Gasteiger partial charge in [-0.25, -0.2) is 15.0 Å². The highest BCUT2D eigenvalue weighted by Crippen LogP contribution is 2.31. The molecule has 0 spiro atoms. The van der Waals surface area contributed by atoms with Crippen molar-refractivity contribution < 1.29 is 9.32 Å². The lowest BCUT2D eigenvalue weighted by Gasteiger charge is -2.35. The van der Waals surface area contributed by atoms with Gasteiger partial charge in [0.05, 0.1) is 6.61 Å². The molecule has 2 aromatic heterocycles. The summed E-state index contributed by atoms with van der Waals surface area (Å²) in [5.74, 6) is 3.74. The summed E-state index contributed by atoms with van der Waals surface area (Å²) in [5, 5.41) is 10.1. The van der Waals surface area contributed by atoms with Gasteiger partial charge in [-0.1, -0.05) is 6.92 Å². The normalized spacial score (nSPS) is 19.2. The lowest BCUT2D eigenvalue weighted by atomic mass is 10.3. The fraction of sp³-hybridized carbons (Fsp3) is 0.667. The van der Waals surface area contributed by atoms with Gasteiger partial charge in [0, 0.05) is 68.1 Å². The van der Waals surface area contributed by atoms with Crippen LogP contribution in [0.15, 0.2) is 11.4 Å². The summed E-state index contributed by atoms with van der Waals surface area (Å²) in [6, 6.07) is 0. The van der Waals surface area contributed by atoms with Crippen LogP contribution < -0.4 is 9.80 Å². The van der Waals surface area contributed by atoms with Gasteiger partial charge in [-0.15, -0.1) is 11.8 Å². The minimum absolute atomic E-state index is 0.182. The second kappa shape index (κ2) is 9.50. The fourth-order valence-corrected chi connectivity index (χ4v) is 5.39. The number of anilines is 2. The highest BCUT2D eigenvalue weighted by atomic mass is 32.2. The Morgan fingerprint density at radius 3 is 2.48 bits per heavy atom. The molecule has 4 rings (SSSR count). The maximum atomic E-state index is 11.8. The lowest BCUT2D eigenvalue weighted by molar-refractivity contribution is 0.188. The van der Waals surface area contributed by atoms with E-state index in [1.165, 1.54) is 0 Å². The third kappa shape index (κ3) is 4.62. The number of fused-ring (bicyclic) bond motifs is 1. The smallest absolute Gasteiger partial charge is 0.228 e. The van der Waals surface area contributed by atoms with E-state index in [1.54, 1.807) is 18.1 Å². The molecule has 0 amide bonds. The quantitative estimate of drug-likeness (QED) is 0.499. The van der Waals surface area contributed by atoms with E-state index in [9.17, 15) is 9.32 Å². The predicted molar refractivity (Wildman–Crippen MR) is 117 cm³/mol. The Labute approximate surface area is 177 Å². The first-order valence-corrected chi connectivity index (χ1v) is 12.5. The number of piperazine rings is 1. The zero-order valence-electron chi connectivity index (χ0n) is 16.7. The third-order valence-corrected chi connectivity index (χ3v) is 7.38. The van der Waals surface area contributed by atoms with Gasteiger partial charge in [0.15, 0.2) is 5.82 Å². The Hall–Kier alpha value is -1.56. The maximum absolute atomic E-state index is 11.8. The Balaban J connectivity index is 1.71. The molecule has 29 heavy (non-hydrogen) atoms. The van der Waals surface area contributed by atoms with Gasteiger partial charge in [0.25, 0.3) is 0 Å². The van der Waals surface area contributed by atoms with E-state index in [1.807, 2.05) is 0 Å². The Kier molecular flexibility index (Phi) is 6.78. The van der Waals surface area contributed by atoms with Crippen molar-refractivity contribution in [2.75, 3.05) is 79.5 Å². The molecule has 2 aromatic rings. The summed E-state index contributed by atoms with van der Waals surface area (Å²) in [4.78, 5) is 25.4. The van der Waals surface area contributed by atoms with Gasteiger partial charge in [-0.05, 0) is 5.75 Å². The van der Waals surface area contributed by atoms with Crippen LogP contribution in [0.2, 0.25) is 0 Å². The molecule has 4 heterocycles. The number of β-amino-alcohol motifs (C(OH)–C–C–N with tert-alkyl or cyclic N) is 1. The summed E-state index contributed by atoms with van der Waals surface area (Å²) >= 11 is 1.66. The van der Waals surface area contributed by atoms with Gasteiger partial charge in [0.2, 0.25) is 5.95 Å². The second-order valence-electron chi connectivity index (χ2n) is 7.04. The molecule has 2 aliphatic rings. The van der Waals surface area contributed by atoms with E-state index in [0.717, 1.165) is 53.8 Å². The first-order valence-electron chi connectivity index (χ1n) is 10.0. The summed E-state index contributed by atoms with van der Waals surface area (Å²) < 4.78 is 11.8. The highest BCUT2D eigenvalue weighted by Gasteiger charge is 2.25. The van der Waals surface area contributed by atoms with Crippen molar-refractivity contribution >= 4 is 45.4 Å². The molecule has 11 heteroatoms. The lowest BCUT2D eigenvalue weighted by Crippen LogP contribution is -2.48. The molecule has 0 bridgehead atoms. The maximum Gasteiger partial charge on any atom is 0.228 e. The van der Waals surface area contributed by atoms with E-state index in [2.05, 4.69) is 31.6 Å². The van der Waals surface area contributed by atoms with Crippen LogP contribution in [0.3, 0.4) is 0 Å². The molecule has 0 aromatic carbocycles. The van der Waals surface area contributed by atoms with E-state index < -0.39 is 10.8 Å². The topological polar surface area (TPSA) is 98.6 Å². The molecule has 9 nitrogen and oxygen atoms in total. The zero-order chi connectivity index (χ0) is 20.2. The third-order valence-electron chi connectivity index (χ3n) is 5.25. The Bertz CT molecular complexity index is 867. The SMILES string of the molecule is CCSc1ncnc2c(N3CCS(=O)CC3)nc(N3CCN(CCO)CC3)nc12. The van der Waals surface area contributed by atoms with Crippen LogP contribution in [0.25, 0.3) is 11.0 Å². The summed E-state index contributed by atoms with van der Waals surface area (Å²) in [7, 11) is -0.750. The molecule has 2 fully saturated rings.